The van der Waals surface area contributed by atoms with Gasteiger partial charge in [0.1, 0.15) is 0 Å². The normalized spacial score (nSPS) is 11.4. The molecule has 2 heteroatoms. The van der Waals surface area contributed by atoms with Crippen LogP contribution in [0.2, 0.25) is 0 Å². The van der Waals surface area contributed by atoms with Crippen LogP contribution in [0.15, 0.2) is 0 Å². The maximum Gasteiger partial charge on any atom is -0.00672 e. The molecule has 0 aromatic carbocycles. The van der Waals surface area contributed by atoms with Crippen molar-refractivity contribution in [2.45, 2.75) is 155 Å². The summed E-state index contributed by atoms with van der Waals surface area (Å²) in [6.07, 6.45) is 32.0. The molecule has 182 valence electrons. The Morgan fingerprint density at radius 1 is 0.267 bits per heavy atom. The lowest BCUT2D eigenvalue weighted by molar-refractivity contribution is 0.563. The molecule has 30 heavy (non-hydrogen) atoms. The average Bonchev–Trinajstić information content (AvgIpc) is 2.76. The summed E-state index contributed by atoms with van der Waals surface area (Å²) in [6.45, 7) is 4.61. The van der Waals surface area contributed by atoms with Crippen LogP contribution in [0.5, 0.6) is 0 Å². The van der Waals surface area contributed by atoms with Gasteiger partial charge in [0.25, 0.3) is 0 Å². The summed E-state index contributed by atoms with van der Waals surface area (Å²) in [5.74, 6) is 5.61. The topological polar surface area (TPSA) is 0 Å². The Labute approximate surface area is 201 Å². The molecule has 0 aliphatic heterocycles. The largest absolute Gasteiger partial charge is 0.162 e. The van der Waals surface area contributed by atoms with Gasteiger partial charge >= 0.3 is 0 Å². The standard InChI is InChI=1S/C28H58S2/c1-3-5-7-9-11-13-15-17-19-21-25-29-27-23-24-28-30-26-22-20-18-16-14-12-10-8-6-4-2/h3-28H2,1-2H3. The van der Waals surface area contributed by atoms with Gasteiger partial charge in [0.05, 0.1) is 0 Å². The molecular formula is C28H58S2. The zero-order valence-corrected chi connectivity index (χ0v) is 22.8. The second-order valence-corrected chi connectivity index (χ2v) is 11.7. The highest BCUT2D eigenvalue weighted by Crippen LogP contribution is 2.15. The van der Waals surface area contributed by atoms with Gasteiger partial charge in [-0.15, -0.1) is 0 Å². The summed E-state index contributed by atoms with van der Waals surface area (Å²) in [7, 11) is 0. The van der Waals surface area contributed by atoms with Crippen molar-refractivity contribution in [1.29, 1.82) is 0 Å². The maximum absolute atomic E-state index is 2.30. The van der Waals surface area contributed by atoms with Crippen molar-refractivity contribution in [3.8, 4) is 0 Å². The number of unbranched alkanes of at least 4 members (excludes halogenated alkanes) is 19. The summed E-state index contributed by atoms with van der Waals surface area (Å²) in [6, 6.07) is 0. The van der Waals surface area contributed by atoms with Gasteiger partial charge < -0.3 is 0 Å². The molecule has 0 N–H and O–H groups in total. The Bertz CT molecular complexity index is 252. The van der Waals surface area contributed by atoms with Crippen molar-refractivity contribution in [2.24, 2.45) is 0 Å². The molecule has 0 heterocycles. The van der Waals surface area contributed by atoms with E-state index in [4.69, 9.17) is 0 Å². The van der Waals surface area contributed by atoms with Crippen LogP contribution in [0.4, 0.5) is 0 Å². The van der Waals surface area contributed by atoms with Crippen molar-refractivity contribution in [3.05, 3.63) is 0 Å². The van der Waals surface area contributed by atoms with Gasteiger partial charge in [-0.2, -0.15) is 23.5 Å². The Kier molecular flexibility index (Phi) is 30.4. The molecule has 0 rings (SSSR count). The fourth-order valence-electron chi connectivity index (χ4n) is 4.00. The maximum atomic E-state index is 2.30. The van der Waals surface area contributed by atoms with E-state index in [2.05, 4.69) is 37.4 Å². The second-order valence-electron chi connectivity index (χ2n) is 9.30. The van der Waals surface area contributed by atoms with Gasteiger partial charge in [0.2, 0.25) is 0 Å². The van der Waals surface area contributed by atoms with Crippen molar-refractivity contribution in [3.63, 3.8) is 0 Å². The van der Waals surface area contributed by atoms with Crippen LogP contribution in [-0.4, -0.2) is 23.0 Å². The van der Waals surface area contributed by atoms with Crippen LogP contribution in [0.1, 0.15) is 155 Å². The molecule has 0 aliphatic rings. The van der Waals surface area contributed by atoms with Crippen molar-refractivity contribution >= 4 is 23.5 Å². The lowest BCUT2D eigenvalue weighted by Gasteiger charge is -2.04. The zero-order valence-electron chi connectivity index (χ0n) is 21.2. The molecule has 0 aromatic rings. The van der Waals surface area contributed by atoms with Gasteiger partial charge in [-0.05, 0) is 48.7 Å². The van der Waals surface area contributed by atoms with E-state index in [-0.39, 0.29) is 0 Å². The van der Waals surface area contributed by atoms with Gasteiger partial charge in [-0.25, -0.2) is 0 Å². The third-order valence-corrected chi connectivity index (χ3v) is 8.42. The third-order valence-electron chi connectivity index (χ3n) is 6.11. The summed E-state index contributed by atoms with van der Waals surface area (Å²) >= 11 is 4.41. The number of thioether (sulfide) groups is 2. The number of rotatable bonds is 27. The summed E-state index contributed by atoms with van der Waals surface area (Å²) in [4.78, 5) is 0. The Morgan fingerprint density at radius 3 is 0.733 bits per heavy atom. The van der Waals surface area contributed by atoms with Crippen LogP contribution in [0.25, 0.3) is 0 Å². The van der Waals surface area contributed by atoms with E-state index in [1.807, 2.05) is 0 Å². The highest BCUT2D eigenvalue weighted by atomic mass is 32.2. The third kappa shape index (κ3) is 28.7. The minimum atomic E-state index is 1.37. The predicted molar refractivity (Wildman–Crippen MR) is 148 cm³/mol. The monoisotopic (exact) mass is 458 g/mol. The van der Waals surface area contributed by atoms with E-state index < -0.39 is 0 Å². The molecule has 0 nitrogen and oxygen atoms in total. The molecule has 0 unspecified atom stereocenters. The lowest BCUT2D eigenvalue weighted by Crippen LogP contribution is -1.89. The first-order valence-electron chi connectivity index (χ1n) is 14.1. The van der Waals surface area contributed by atoms with E-state index in [0.717, 1.165) is 0 Å². The molecule has 0 saturated carbocycles. The first kappa shape index (κ1) is 30.7. The van der Waals surface area contributed by atoms with Crippen LogP contribution in [0.3, 0.4) is 0 Å². The first-order chi connectivity index (χ1) is 14.9. The molecule has 0 aromatic heterocycles. The Balaban J connectivity index is 2.97. The van der Waals surface area contributed by atoms with Crippen molar-refractivity contribution in [1.82, 2.24) is 0 Å². The predicted octanol–water partition coefficient (Wildman–Crippen LogP) is 11.1. The summed E-state index contributed by atoms with van der Waals surface area (Å²) in [5.41, 5.74) is 0. The van der Waals surface area contributed by atoms with Crippen molar-refractivity contribution < 1.29 is 0 Å². The molecule has 0 atom stereocenters. The smallest absolute Gasteiger partial charge is 0.00672 e. The number of hydrogen-bond acceptors (Lipinski definition) is 2. The lowest BCUT2D eigenvalue weighted by atomic mass is 10.1. The molecular weight excluding hydrogens is 400 g/mol. The molecule has 0 spiro atoms. The van der Waals surface area contributed by atoms with Crippen LogP contribution < -0.4 is 0 Å². The van der Waals surface area contributed by atoms with Crippen molar-refractivity contribution in [2.75, 3.05) is 23.0 Å². The molecule has 0 radical (unpaired) electrons. The van der Waals surface area contributed by atoms with Crippen LogP contribution in [-0.2, 0) is 0 Å². The first-order valence-corrected chi connectivity index (χ1v) is 16.4. The van der Waals surface area contributed by atoms with Gasteiger partial charge in [0.15, 0.2) is 0 Å². The minimum Gasteiger partial charge on any atom is -0.162 e. The van der Waals surface area contributed by atoms with Crippen LogP contribution >= 0.6 is 23.5 Å². The second kappa shape index (κ2) is 29.7. The van der Waals surface area contributed by atoms with E-state index >= 15 is 0 Å². The van der Waals surface area contributed by atoms with Gasteiger partial charge in [0, 0.05) is 0 Å². The highest BCUT2D eigenvalue weighted by molar-refractivity contribution is 7.99. The Morgan fingerprint density at radius 2 is 0.467 bits per heavy atom. The molecule has 0 saturated heterocycles. The van der Waals surface area contributed by atoms with E-state index in [9.17, 15) is 0 Å². The highest BCUT2D eigenvalue weighted by Gasteiger charge is 1.96. The number of hydrogen-bond donors (Lipinski definition) is 0. The molecule has 0 fully saturated rings. The zero-order chi connectivity index (χ0) is 21.8. The fraction of sp³-hybridized carbons (Fsp3) is 1.00. The van der Waals surface area contributed by atoms with E-state index in [1.54, 1.807) is 0 Å². The minimum absolute atomic E-state index is 1.37. The fourth-order valence-corrected chi connectivity index (χ4v) is 6.04. The van der Waals surface area contributed by atoms with E-state index in [0.29, 0.717) is 0 Å². The molecule has 0 amide bonds. The molecule has 0 bridgehead atoms. The quantitative estimate of drug-likeness (QED) is 0.112. The van der Waals surface area contributed by atoms with Crippen LogP contribution in [0, 0.1) is 0 Å². The molecule has 0 aliphatic carbocycles. The summed E-state index contributed by atoms with van der Waals surface area (Å²) < 4.78 is 0. The van der Waals surface area contributed by atoms with E-state index in [1.165, 1.54) is 164 Å². The average molecular weight is 459 g/mol. The Hall–Kier alpha value is 0.700. The van der Waals surface area contributed by atoms with Gasteiger partial charge in [-0.3, -0.25) is 0 Å². The SMILES string of the molecule is CCCCCCCCCCCCSCCCCSCCCCCCCCCCCC. The van der Waals surface area contributed by atoms with Gasteiger partial charge in [-0.1, -0.05) is 129 Å². The summed E-state index contributed by atoms with van der Waals surface area (Å²) in [5, 5.41) is 0.